The second-order valence-corrected chi connectivity index (χ2v) is 7.51. The summed E-state index contributed by atoms with van der Waals surface area (Å²) in [7, 11) is -1.21. The minimum Gasteiger partial charge on any atom is -0.373 e. The quantitative estimate of drug-likeness (QED) is 0.842. The van der Waals surface area contributed by atoms with Gasteiger partial charge in [0.2, 0.25) is 15.6 Å². The van der Waals surface area contributed by atoms with Crippen molar-refractivity contribution in [1.82, 2.24) is 4.31 Å². The monoisotopic (exact) mass is 374 g/mol. The van der Waals surface area contributed by atoms with E-state index in [0.29, 0.717) is 6.92 Å². The molecule has 0 spiro atoms. The van der Waals surface area contributed by atoms with Gasteiger partial charge in [0.15, 0.2) is 0 Å². The average molecular weight is 375 g/mol. The summed E-state index contributed by atoms with van der Waals surface area (Å²) in [5, 5.41) is 10.8. The van der Waals surface area contributed by atoms with Crippen molar-refractivity contribution in [2.75, 3.05) is 19.4 Å². The second kappa shape index (κ2) is 6.27. The van der Waals surface area contributed by atoms with Crippen molar-refractivity contribution >= 4 is 33.2 Å². The Kier molecular flexibility index (Phi) is 5.36. The Hall–Kier alpha value is -1.36. The van der Waals surface area contributed by atoms with Crippen molar-refractivity contribution in [3.8, 4) is 0 Å². The molecule has 0 radical (unpaired) electrons. The highest BCUT2D eigenvalue weighted by atomic mass is 35.5. The van der Waals surface area contributed by atoms with Crippen LogP contribution in [0.5, 0.6) is 0 Å². The van der Waals surface area contributed by atoms with Crippen LogP contribution in [-0.4, -0.2) is 49.6 Å². The predicted octanol–water partition coefficient (Wildman–Crippen LogP) is 1.84. The molecule has 23 heavy (non-hydrogen) atoms. The van der Waals surface area contributed by atoms with Crippen LogP contribution in [-0.2, 0) is 14.8 Å². The lowest BCUT2D eigenvalue weighted by Crippen LogP contribution is -2.52. The standard InChI is InChI=1S/C12H14ClF3N2O4S/c1-11(20,12(14,15)16)10(19)17-9-5-4-7(6-8(9)13)23(21,22)18(2)3/h4-6,20H,1-3H3,(H,17,19)/t11-/m1/s1. The highest BCUT2D eigenvalue weighted by Gasteiger charge is 2.55. The maximum atomic E-state index is 12.6. The van der Waals surface area contributed by atoms with Crippen LogP contribution in [0, 0.1) is 0 Å². The van der Waals surface area contributed by atoms with Gasteiger partial charge in [0.25, 0.3) is 5.91 Å². The molecule has 130 valence electrons. The summed E-state index contributed by atoms with van der Waals surface area (Å²) in [5.74, 6) is -1.74. The van der Waals surface area contributed by atoms with Gasteiger partial charge in [-0.05, 0) is 25.1 Å². The topological polar surface area (TPSA) is 86.7 Å². The molecule has 0 aliphatic heterocycles. The SMILES string of the molecule is CN(C)S(=O)(=O)c1ccc(NC(=O)[C@@](C)(O)C(F)(F)F)c(Cl)c1. The molecule has 2 N–H and O–H groups in total. The lowest BCUT2D eigenvalue weighted by atomic mass is 10.1. The molecular formula is C12H14ClF3N2O4S. The van der Waals surface area contributed by atoms with E-state index in [0.717, 1.165) is 22.5 Å². The molecule has 0 fully saturated rings. The number of sulfonamides is 1. The fourth-order valence-electron chi connectivity index (χ4n) is 1.34. The van der Waals surface area contributed by atoms with Crippen LogP contribution in [0.15, 0.2) is 23.1 Å². The van der Waals surface area contributed by atoms with Crippen molar-refractivity contribution in [2.24, 2.45) is 0 Å². The molecule has 6 nitrogen and oxygen atoms in total. The minimum atomic E-state index is -5.18. The molecule has 0 bridgehead atoms. The van der Waals surface area contributed by atoms with Crippen molar-refractivity contribution in [3.05, 3.63) is 23.2 Å². The average Bonchev–Trinajstić information content (AvgIpc) is 2.39. The van der Waals surface area contributed by atoms with Crippen LogP contribution in [0.3, 0.4) is 0 Å². The number of aliphatic hydroxyl groups is 1. The maximum Gasteiger partial charge on any atom is 0.426 e. The van der Waals surface area contributed by atoms with E-state index in [1.165, 1.54) is 14.1 Å². The number of carbonyl (C=O) groups excluding carboxylic acids is 1. The molecule has 1 atom stereocenters. The molecule has 1 rings (SSSR count). The molecule has 0 saturated carbocycles. The predicted molar refractivity (Wildman–Crippen MR) is 77.6 cm³/mol. The number of amides is 1. The Morgan fingerprint density at radius 3 is 2.22 bits per heavy atom. The molecule has 1 amide bonds. The Morgan fingerprint density at radius 2 is 1.83 bits per heavy atom. The van der Waals surface area contributed by atoms with Gasteiger partial charge in [0.05, 0.1) is 15.6 Å². The van der Waals surface area contributed by atoms with Gasteiger partial charge >= 0.3 is 6.18 Å². The van der Waals surface area contributed by atoms with Gasteiger partial charge < -0.3 is 10.4 Å². The van der Waals surface area contributed by atoms with Crippen molar-refractivity contribution in [2.45, 2.75) is 23.6 Å². The largest absolute Gasteiger partial charge is 0.426 e. The van der Waals surface area contributed by atoms with Crippen molar-refractivity contribution in [3.63, 3.8) is 0 Å². The van der Waals surface area contributed by atoms with E-state index in [-0.39, 0.29) is 15.6 Å². The Morgan fingerprint density at radius 1 is 1.30 bits per heavy atom. The molecule has 0 aliphatic carbocycles. The number of anilines is 1. The third kappa shape index (κ3) is 3.94. The molecule has 1 aromatic carbocycles. The second-order valence-electron chi connectivity index (χ2n) is 4.95. The van der Waals surface area contributed by atoms with Gasteiger partial charge in [-0.2, -0.15) is 13.2 Å². The first-order valence-electron chi connectivity index (χ1n) is 6.04. The Bertz CT molecular complexity index is 718. The highest BCUT2D eigenvalue weighted by Crippen LogP contribution is 2.32. The summed E-state index contributed by atoms with van der Waals surface area (Å²) in [6.45, 7) is 0.293. The van der Waals surface area contributed by atoms with Gasteiger partial charge in [-0.3, -0.25) is 4.79 Å². The number of alkyl halides is 3. The van der Waals surface area contributed by atoms with Crippen LogP contribution in [0.1, 0.15) is 6.92 Å². The van der Waals surface area contributed by atoms with Crippen LogP contribution in [0.2, 0.25) is 5.02 Å². The lowest BCUT2D eigenvalue weighted by Gasteiger charge is -2.25. The van der Waals surface area contributed by atoms with Crippen LogP contribution >= 0.6 is 11.6 Å². The minimum absolute atomic E-state index is 0.201. The van der Waals surface area contributed by atoms with Crippen LogP contribution in [0.25, 0.3) is 0 Å². The van der Waals surface area contributed by atoms with Gasteiger partial charge in [-0.15, -0.1) is 0 Å². The fraction of sp³-hybridized carbons (Fsp3) is 0.417. The number of benzene rings is 1. The normalized spacial score (nSPS) is 15.3. The van der Waals surface area contributed by atoms with E-state index in [1.54, 1.807) is 0 Å². The van der Waals surface area contributed by atoms with Gasteiger partial charge in [-0.1, -0.05) is 11.6 Å². The maximum absolute atomic E-state index is 12.6. The third-order valence-electron chi connectivity index (χ3n) is 2.96. The molecule has 11 heteroatoms. The number of nitrogens with one attached hydrogen (secondary N) is 1. The molecule has 0 heterocycles. The Labute approximate surface area is 135 Å². The fourth-order valence-corrected chi connectivity index (χ4v) is 2.56. The number of carbonyl (C=O) groups is 1. The van der Waals surface area contributed by atoms with Crippen molar-refractivity contribution < 1.29 is 31.5 Å². The molecule has 0 unspecified atom stereocenters. The first-order valence-corrected chi connectivity index (χ1v) is 7.85. The Balaban J connectivity index is 3.13. The summed E-state index contributed by atoms with van der Waals surface area (Å²) < 4.78 is 62.4. The van der Waals surface area contributed by atoms with Crippen molar-refractivity contribution in [1.29, 1.82) is 0 Å². The lowest BCUT2D eigenvalue weighted by molar-refractivity contribution is -0.242. The zero-order valence-corrected chi connectivity index (χ0v) is 13.8. The smallest absolute Gasteiger partial charge is 0.373 e. The molecule has 0 aromatic heterocycles. The van der Waals surface area contributed by atoms with Gasteiger partial charge in [0, 0.05) is 14.1 Å². The first-order chi connectivity index (χ1) is 10.2. The number of hydrogen-bond donors (Lipinski definition) is 2. The van der Waals surface area contributed by atoms with E-state index in [9.17, 15) is 31.5 Å². The number of halogens is 4. The summed E-state index contributed by atoms with van der Waals surface area (Å²) in [6, 6.07) is 3.08. The summed E-state index contributed by atoms with van der Waals surface area (Å²) in [6.07, 6.45) is -5.18. The van der Waals surface area contributed by atoms with E-state index < -0.39 is 27.7 Å². The molecule has 0 aliphatic rings. The highest BCUT2D eigenvalue weighted by molar-refractivity contribution is 7.89. The first kappa shape index (κ1) is 19.7. The zero-order chi connectivity index (χ0) is 18.2. The van der Waals surface area contributed by atoms with Gasteiger partial charge in [-0.25, -0.2) is 12.7 Å². The van der Waals surface area contributed by atoms with E-state index in [4.69, 9.17) is 11.6 Å². The van der Waals surface area contributed by atoms with Crippen LogP contribution in [0.4, 0.5) is 18.9 Å². The van der Waals surface area contributed by atoms with Gasteiger partial charge in [0.1, 0.15) is 0 Å². The number of nitrogens with zero attached hydrogens (tertiary/aromatic N) is 1. The summed E-state index contributed by atoms with van der Waals surface area (Å²) in [4.78, 5) is 11.4. The molecular weight excluding hydrogens is 361 g/mol. The number of hydrogen-bond acceptors (Lipinski definition) is 4. The van der Waals surface area contributed by atoms with Crippen LogP contribution < -0.4 is 5.32 Å². The summed E-state index contributed by atoms with van der Waals surface area (Å²) >= 11 is 5.79. The molecule has 1 aromatic rings. The van der Waals surface area contributed by atoms with E-state index in [1.807, 2.05) is 5.32 Å². The third-order valence-corrected chi connectivity index (χ3v) is 5.09. The summed E-state index contributed by atoms with van der Waals surface area (Å²) in [5.41, 5.74) is -3.89. The van der Waals surface area contributed by atoms with E-state index >= 15 is 0 Å². The zero-order valence-electron chi connectivity index (χ0n) is 12.3. The van der Waals surface area contributed by atoms with E-state index in [2.05, 4.69) is 0 Å². The molecule has 0 saturated heterocycles. The number of rotatable bonds is 4.